The van der Waals surface area contributed by atoms with Crippen LogP contribution in [0.5, 0.6) is 11.5 Å². The monoisotopic (exact) mass is 380 g/mol. The van der Waals surface area contributed by atoms with Crippen LogP contribution in [0.4, 0.5) is 0 Å². The Labute approximate surface area is 165 Å². The molecule has 2 atom stereocenters. The molecule has 0 aliphatic carbocycles. The number of fused-ring (bicyclic) bond motifs is 1. The van der Waals surface area contributed by atoms with Crippen molar-refractivity contribution in [1.82, 2.24) is 0 Å². The standard InChI is InChI=1S/C23H40O2S/c1-5-9-11-19(7-3)13-23(14-20(8-4)12-10-6-2)17-24-21-15-26-16-22(21)25-18-23/h15-16,19-20H,5-14,17-18H2,1-4H3/t19-,20-/m0/s1. The first-order valence-corrected chi connectivity index (χ1v) is 11.9. The molecule has 0 saturated carbocycles. The van der Waals surface area contributed by atoms with Gasteiger partial charge in [-0.2, -0.15) is 0 Å². The summed E-state index contributed by atoms with van der Waals surface area (Å²) in [6.07, 6.45) is 13.0. The van der Waals surface area contributed by atoms with E-state index in [-0.39, 0.29) is 5.41 Å². The summed E-state index contributed by atoms with van der Waals surface area (Å²) in [5, 5.41) is 4.18. The van der Waals surface area contributed by atoms with E-state index in [0.29, 0.717) is 0 Å². The fourth-order valence-electron chi connectivity index (χ4n) is 4.42. The number of rotatable bonds is 12. The Bertz CT molecular complexity index is 454. The molecule has 1 aromatic heterocycles. The Morgan fingerprint density at radius 3 is 1.69 bits per heavy atom. The molecule has 0 saturated heterocycles. The molecule has 150 valence electrons. The molecule has 26 heavy (non-hydrogen) atoms. The molecule has 2 nitrogen and oxygen atoms in total. The summed E-state index contributed by atoms with van der Waals surface area (Å²) >= 11 is 1.67. The fourth-order valence-corrected chi connectivity index (χ4v) is 5.10. The van der Waals surface area contributed by atoms with E-state index in [1.54, 1.807) is 11.3 Å². The normalized spacial score (nSPS) is 18.3. The summed E-state index contributed by atoms with van der Waals surface area (Å²) in [7, 11) is 0. The van der Waals surface area contributed by atoms with Gasteiger partial charge in [0.2, 0.25) is 0 Å². The summed E-state index contributed by atoms with van der Waals surface area (Å²) < 4.78 is 12.6. The van der Waals surface area contributed by atoms with Gasteiger partial charge in [-0.25, -0.2) is 0 Å². The number of hydrogen-bond acceptors (Lipinski definition) is 3. The van der Waals surface area contributed by atoms with Crippen LogP contribution >= 0.6 is 11.3 Å². The van der Waals surface area contributed by atoms with Crippen molar-refractivity contribution in [2.24, 2.45) is 17.3 Å². The van der Waals surface area contributed by atoms with Crippen molar-refractivity contribution in [3.63, 3.8) is 0 Å². The van der Waals surface area contributed by atoms with Gasteiger partial charge in [0.05, 0.1) is 13.2 Å². The van der Waals surface area contributed by atoms with Crippen LogP contribution < -0.4 is 9.47 Å². The Kier molecular flexibility index (Phi) is 9.31. The summed E-state index contributed by atoms with van der Waals surface area (Å²) in [5.41, 5.74) is 0.166. The highest BCUT2D eigenvalue weighted by atomic mass is 32.1. The highest BCUT2D eigenvalue weighted by Gasteiger charge is 2.38. The van der Waals surface area contributed by atoms with Gasteiger partial charge in [-0.3, -0.25) is 0 Å². The second-order valence-electron chi connectivity index (χ2n) is 8.42. The lowest BCUT2D eigenvalue weighted by atomic mass is 9.71. The maximum absolute atomic E-state index is 6.29. The molecular formula is C23H40O2S. The first-order valence-electron chi connectivity index (χ1n) is 11.0. The SMILES string of the molecule is CCCC[C@H](CC)CC1(C[C@@H](CC)CCCC)COc2cscc2OC1. The molecule has 0 aromatic carbocycles. The van der Waals surface area contributed by atoms with Gasteiger partial charge in [-0.15, -0.1) is 11.3 Å². The van der Waals surface area contributed by atoms with Crippen LogP contribution in [-0.4, -0.2) is 13.2 Å². The Balaban J connectivity index is 2.12. The van der Waals surface area contributed by atoms with Crippen molar-refractivity contribution in [3.8, 4) is 11.5 Å². The number of hydrogen-bond donors (Lipinski definition) is 0. The largest absolute Gasteiger partial charge is 0.488 e. The molecule has 0 radical (unpaired) electrons. The van der Waals surface area contributed by atoms with Crippen molar-refractivity contribution in [3.05, 3.63) is 10.8 Å². The summed E-state index contributed by atoms with van der Waals surface area (Å²) in [4.78, 5) is 0. The topological polar surface area (TPSA) is 18.5 Å². The quantitative estimate of drug-likeness (QED) is 0.369. The average Bonchev–Trinajstić information content (AvgIpc) is 3.06. The number of thiophene rings is 1. The molecule has 2 heterocycles. The van der Waals surface area contributed by atoms with Gasteiger partial charge in [0.1, 0.15) is 0 Å². The van der Waals surface area contributed by atoms with E-state index in [2.05, 4.69) is 38.5 Å². The smallest absolute Gasteiger partial charge is 0.171 e. The van der Waals surface area contributed by atoms with Crippen LogP contribution in [0.1, 0.15) is 91.9 Å². The number of ether oxygens (including phenoxy) is 2. The molecular weight excluding hydrogens is 340 g/mol. The van der Waals surface area contributed by atoms with Crippen molar-refractivity contribution < 1.29 is 9.47 Å². The predicted molar refractivity (Wildman–Crippen MR) is 114 cm³/mol. The third-order valence-corrected chi connectivity index (χ3v) is 6.89. The highest BCUT2D eigenvalue weighted by Crippen LogP contribution is 2.44. The molecule has 0 unspecified atom stereocenters. The molecule has 0 fully saturated rings. The average molecular weight is 381 g/mol. The minimum atomic E-state index is 0.166. The predicted octanol–water partition coefficient (Wildman–Crippen LogP) is 7.72. The maximum atomic E-state index is 6.29. The van der Waals surface area contributed by atoms with E-state index in [1.807, 2.05) is 0 Å². The third kappa shape index (κ3) is 6.18. The van der Waals surface area contributed by atoms with Gasteiger partial charge in [0.25, 0.3) is 0 Å². The zero-order valence-electron chi connectivity index (χ0n) is 17.5. The first kappa shape index (κ1) is 21.6. The third-order valence-electron chi connectivity index (χ3n) is 6.19. The van der Waals surface area contributed by atoms with E-state index in [1.165, 1.54) is 64.2 Å². The van der Waals surface area contributed by atoms with E-state index in [9.17, 15) is 0 Å². The lowest BCUT2D eigenvalue weighted by Gasteiger charge is -2.37. The Morgan fingerprint density at radius 1 is 0.846 bits per heavy atom. The summed E-state index contributed by atoms with van der Waals surface area (Å²) in [5.74, 6) is 3.50. The second kappa shape index (κ2) is 11.2. The van der Waals surface area contributed by atoms with Crippen molar-refractivity contribution in [1.29, 1.82) is 0 Å². The molecule has 0 amide bonds. The molecule has 0 bridgehead atoms. The molecule has 0 N–H and O–H groups in total. The molecule has 1 aromatic rings. The summed E-state index contributed by atoms with van der Waals surface area (Å²) in [6.45, 7) is 11.0. The fraction of sp³-hybridized carbons (Fsp3) is 0.826. The zero-order valence-corrected chi connectivity index (χ0v) is 18.3. The van der Waals surface area contributed by atoms with Crippen molar-refractivity contribution in [2.45, 2.75) is 91.9 Å². The van der Waals surface area contributed by atoms with Crippen molar-refractivity contribution >= 4 is 11.3 Å². The molecule has 1 aliphatic rings. The van der Waals surface area contributed by atoms with Gasteiger partial charge in [-0.05, 0) is 24.7 Å². The maximum Gasteiger partial charge on any atom is 0.171 e. The molecule has 0 spiro atoms. The minimum absolute atomic E-state index is 0.166. The van der Waals surface area contributed by atoms with E-state index < -0.39 is 0 Å². The second-order valence-corrected chi connectivity index (χ2v) is 9.16. The lowest BCUT2D eigenvalue weighted by Crippen LogP contribution is -2.37. The van der Waals surface area contributed by atoms with Crippen LogP contribution in [0, 0.1) is 17.3 Å². The van der Waals surface area contributed by atoms with Crippen molar-refractivity contribution in [2.75, 3.05) is 13.2 Å². The molecule has 2 rings (SSSR count). The first-order chi connectivity index (χ1) is 12.7. The van der Waals surface area contributed by atoms with Gasteiger partial charge >= 0.3 is 0 Å². The Morgan fingerprint density at radius 2 is 1.31 bits per heavy atom. The van der Waals surface area contributed by atoms with Crippen LogP contribution in [0.25, 0.3) is 0 Å². The Hall–Kier alpha value is -0.700. The summed E-state index contributed by atoms with van der Waals surface area (Å²) in [6, 6.07) is 0. The van der Waals surface area contributed by atoms with Crippen LogP contribution in [0.15, 0.2) is 10.8 Å². The van der Waals surface area contributed by atoms with Crippen LogP contribution in [0.3, 0.4) is 0 Å². The van der Waals surface area contributed by atoms with E-state index in [0.717, 1.165) is 36.5 Å². The van der Waals surface area contributed by atoms with Gasteiger partial charge in [-0.1, -0.05) is 79.1 Å². The number of unbranched alkanes of at least 4 members (excludes halogenated alkanes) is 2. The molecule has 3 heteroatoms. The van der Waals surface area contributed by atoms with E-state index >= 15 is 0 Å². The van der Waals surface area contributed by atoms with E-state index in [4.69, 9.17) is 9.47 Å². The molecule has 1 aliphatic heterocycles. The zero-order chi connectivity index (χ0) is 18.8. The van der Waals surface area contributed by atoms with Gasteiger partial charge in [0, 0.05) is 16.2 Å². The van der Waals surface area contributed by atoms with Gasteiger partial charge in [0.15, 0.2) is 11.5 Å². The van der Waals surface area contributed by atoms with Crippen LogP contribution in [0.2, 0.25) is 0 Å². The lowest BCUT2D eigenvalue weighted by molar-refractivity contribution is 0.0447. The minimum Gasteiger partial charge on any atom is -0.488 e. The highest BCUT2D eigenvalue weighted by molar-refractivity contribution is 7.08. The van der Waals surface area contributed by atoms with Crippen LogP contribution in [-0.2, 0) is 0 Å². The van der Waals surface area contributed by atoms with Gasteiger partial charge < -0.3 is 9.47 Å².